The predicted molar refractivity (Wildman–Crippen MR) is 93.6 cm³/mol. The molecule has 1 unspecified atom stereocenters. The van der Waals surface area contributed by atoms with Gasteiger partial charge in [0.25, 0.3) is 11.5 Å². The van der Waals surface area contributed by atoms with Crippen molar-refractivity contribution in [3.8, 4) is 11.3 Å². The largest absolute Gasteiger partial charge is 0.383 e. The van der Waals surface area contributed by atoms with E-state index in [9.17, 15) is 9.59 Å². The SMILES string of the molecule is COCC(C)NC(=O)c1cnc2scc(-c3ccccc3)n2c1=O. The third-order valence-electron chi connectivity index (χ3n) is 3.55. The molecule has 24 heavy (non-hydrogen) atoms. The van der Waals surface area contributed by atoms with Crippen LogP contribution in [0.25, 0.3) is 16.2 Å². The first kappa shape index (κ1) is 16.4. The highest BCUT2D eigenvalue weighted by atomic mass is 32.1. The fourth-order valence-electron chi connectivity index (χ4n) is 2.45. The number of aromatic nitrogens is 2. The normalized spacial score (nSPS) is 12.2. The number of thiazole rings is 1. The topological polar surface area (TPSA) is 72.7 Å². The van der Waals surface area contributed by atoms with Gasteiger partial charge in [0.05, 0.1) is 12.3 Å². The zero-order chi connectivity index (χ0) is 17.1. The Kier molecular flexibility index (Phi) is 4.73. The molecular weight excluding hydrogens is 326 g/mol. The number of fused-ring (bicyclic) bond motifs is 1. The monoisotopic (exact) mass is 343 g/mol. The lowest BCUT2D eigenvalue weighted by Gasteiger charge is -2.12. The number of amides is 1. The van der Waals surface area contributed by atoms with Crippen molar-refractivity contribution in [2.45, 2.75) is 13.0 Å². The van der Waals surface area contributed by atoms with Crippen molar-refractivity contribution in [1.29, 1.82) is 0 Å². The van der Waals surface area contributed by atoms with Gasteiger partial charge in [0.2, 0.25) is 0 Å². The number of carbonyl (C=O) groups excluding carboxylic acids is 1. The summed E-state index contributed by atoms with van der Waals surface area (Å²) in [5.41, 5.74) is 1.28. The molecule has 0 radical (unpaired) electrons. The summed E-state index contributed by atoms with van der Waals surface area (Å²) < 4.78 is 6.48. The number of hydrogen-bond donors (Lipinski definition) is 1. The predicted octanol–water partition coefficient (Wildman–Crippen LogP) is 2.19. The number of carbonyl (C=O) groups is 1. The van der Waals surface area contributed by atoms with Gasteiger partial charge < -0.3 is 10.1 Å². The van der Waals surface area contributed by atoms with Crippen molar-refractivity contribution in [1.82, 2.24) is 14.7 Å². The summed E-state index contributed by atoms with van der Waals surface area (Å²) in [6.45, 7) is 2.18. The van der Waals surface area contributed by atoms with E-state index in [4.69, 9.17) is 4.74 Å². The third-order valence-corrected chi connectivity index (χ3v) is 4.39. The first-order chi connectivity index (χ1) is 11.6. The molecule has 1 aromatic carbocycles. The first-order valence-electron chi connectivity index (χ1n) is 7.46. The van der Waals surface area contributed by atoms with Crippen LogP contribution in [0.1, 0.15) is 17.3 Å². The molecule has 7 heteroatoms. The van der Waals surface area contributed by atoms with Crippen molar-refractivity contribution < 1.29 is 9.53 Å². The molecule has 2 aromatic heterocycles. The minimum Gasteiger partial charge on any atom is -0.383 e. The Morgan fingerprint density at radius 2 is 2.12 bits per heavy atom. The standard InChI is InChI=1S/C17H17N3O3S/c1-11(9-23-2)19-15(21)13-8-18-17-20(16(13)22)14(10-24-17)12-6-4-3-5-7-12/h3-8,10-11H,9H2,1-2H3,(H,19,21). The van der Waals surface area contributed by atoms with E-state index in [-0.39, 0.29) is 17.2 Å². The van der Waals surface area contributed by atoms with Gasteiger partial charge in [-0.25, -0.2) is 4.98 Å². The molecule has 0 bridgehead atoms. The van der Waals surface area contributed by atoms with Crippen LogP contribution >= 0.6 is 11.3 Å². The van der Waals surface area contributed by atoms with Gasteiger partial charge in [-0.1, -0.05) is 30.3 Å². The van der Waals surface area contributed by atoms with Crippen LogP contribution in [0.15, 0.2) is 46.7 Å². The van der Waals surface area contributed by atoms with Crippen LogP contribution in [0.5, 0.6) is 0 Å². The fraction of sp³-hybridized carbons (Fsp3) is 0.235. The Balaban J connectivity index is 2.04. The Morgan fingerprint density at radius 3 is 2.83 bits per heavy atom. The molecule has 124 valence electrons. The summed E-state index contributed by atoms with van der Waals surface area (Å²) in [6.07, 6.45) is 1.33. The van der Waals surface area contributed by atoms with Crippen molar-refractivity contribution in [3.05, 3.63) is 57.8 Å². The average Bonchev–Trinajstić information content (AvgIpc) is 3.01. The third kappa shape index (κ3) is 3.08. The summed E-state index contributed by atoms with van der Waals surface area (Å²) in [5, 5.41) is 4.61. The van der Waals surface area contributed by atoms with Crippen molar-refractivity contribution >= 4 is 22.2 Å². The number of nitrogens with zero attached hydrogens (tertiary/aromatic N) is 2. The average molecular weight is 343 g/mol. The van der Waals surface area contributed by atoms with E-state index in [1.54, 1.807) is 7.11 Å². The minimum absolute atomic E-state index is 0.0195. The van der Waals surface area contributed by atoms with E-state index in [0.29, 0.717) is 11.6 Å². The molecule has 0 aliphatic rings. The molecule has 0 saturated carbocycles. The van der Waals surface area contributed by atoms with Gasteiger partial charge in [0.15, 0.2) is 4.96 Å². The number of benzene rings is 1. The second-order valence-electron chi connectivity index (χ2n) is 5.41. The molecule has 6 nitrogen and oxygen atoms in total. The van der Waals surface area contributed by atoms with Crippen LogP contribution in [0.4, 0.5) is 0 Å². The summed E-state index contributed by atoms with van der Waals surface area (Å²) in [5.74, 6) is -0.448. The van der Waals surface area contributed by atoms with Gasteiger partial charge in [-0.15, -0.1) is 11.3 Å². The molecule has 0 saturated heterocycles. The van der Waals surface area contributed by atoms with Crippen LogP contribution in [0, 0.1) is 0 Å². The molecule has 2 heterocycles. The van der Waals surface area contributed by atoms with Gasteiger partial charge in [0, 0.05) is 24.7 Å². The van der Waals surface area contributed by atoms with Crippen molar-refractivity contribution in [2.75, 3.05) is 13.7 Å². The Morgan fingerprint density at radius 1 is 1.38 bits per heavy atom. The van der Waals surface area contributed by atoms with E-state index in [1.807, 2.05) is 42.6 Å². The molecule has 1 atom stereocenters. The number of rotatable bonds is 5. The van der Waals surface area contributed by atoms with Crippen LogP contribution in [-0.4, -0.2) is 35.1 Å². The van der Waals surface area contributed by atoms with Crippen LogP contribution < -0.4 is 10.9 Å². The van der Waals surface area contributed by atoms with Crippen molar-refractivity contribution in [3.63, 3.8) is 0 Å². The molecule has 1 amide bonds. The van der Waals surface area contributed by atoms with Crippen LogP contribution in [-0.2, 0) is 4.74 Å². The van der Waals surface area contributed by atoms with E-state index in [0.717, 1.165) is 11.3 Å². The maximum atomic E-state index is 12.8. The van der Waals surface area contributed by atoms with E-state index >= 15 is 0 Å². The Hall–Kier alpha value is -2.51. The van der Waals surface area contributed by atoms with E-state index < -0.39 is 5.91 Å². The molecule has 0 aliphatic carbocycles. The summed E-state index contributed by atoms with van der Waals surface area (Å²) >= 11 is 1.37. The lowest BCUT2D eigenvalue weighted by Crippen LogP contribution is -2.39. The highest BCUT2D eigenvalue weighted by Gasteiger charge is 2.18. The second-order valence-corrected chi connectivity index (χ2v) is 6.25. The summed E-state index contributed by atoms with van der Waals surface area (Å²) in [7, 11) is 1.56. The van der Waals surface area contributed by atoms with Crippen LogP contribution in [0.3, 0.4) is 0 Å². The molecule has 0 aliphatic heterocycles. The molecule has 1 N–H and O–H groups in total. The van der Waals surface area contributed by atoms with Gasteiger partial charge in [-0.3, -0.25) is 14.0 Å². The quantitative estimate of drug-likeness (QED) is 0.771. The summed E-state index contributed by atoms with van der Waals surface area (Å²) in [6, 6.07) is 9.36. The zero-order valence-corrected chi connectivity index (χ0v) is 14.2. The highest BCUT2D eigenvalue weighted by molar-refractivity contribution is 7.15. The van der Waals surface area contributed by atoms with Gasteiger partial charge in [0.1, 0.15) is 5.56 Å². The van der Waals surface area contributed by atoms with E-state index in [1.165, 1.54) is 21.9 Å². The van der Waals surface area contributed by atoms with Gasteiger partial charge in [-0.05, 0) is 12.5 Å². The first-order valence-corrected chi connectivity index (χ1v) is 8.34. The molecule has 3 aromatic rings. The second kappa shape index (κ2) is 6.94. The number of nitrogens with one attached hydrogen (secondary N) is 1. The molecule has 0 spiro atoms. The maximum absolute atomic E-state index is 12.8. The number of hydrogen-bond acceptors (Lipinski definition) is 5. The fourth-order valence-corrected chi connectivity index (χ4v) is 3.31. The smallest absolute Gasteiger partial charge is 0.271 e. The minimum atomic E-state index is -0.448. The van der Waals surface area contributed by atoms with Crippen molar-refractivity contribution in [2.24, 2.45) is 0 Å². The molecule has 0 fully saturated rings. The van der Waals surface area contributed by atoms with E-state index in [2.05, 4.69) is 10.3 Å². The maximum Gasteiger partial charge on any atom is 0.271 e. The highest BCUT2D eigenvalue weighted by Crippen LogP contribution is 2.23. The van der Waals surface area contributed by atoms with Gasteiger partial charge in [-0.2, -0.15) is 0 Å². The Bertz CT molecular complexity index is 918. The zero-order valence-electron chi connectivity index (χ0n) is 13.4. The summed E-state index contributed by atoms with van der Waals surface area (Å²) in [4.78, 5) is 30.0. The van der Waals surface area contributed by atoms with Gasteiger partial charge >= 0.3 is 0 Å². The Labute approximate surface area is 142 Å². The molecular formula is C17H17N3O3S. The lowest BCUT2D eigenvalue weighted by atomic mass is 10.2. The van der Waals surface area contributed by atoms with Crippen LogP contribution in [0.2, 0.25) is 0 Å². The number of methoxy groups -OCH3 is 1. The molecule has 3 rings (SSSR count). The number of ether oxygens (including phenoxy) is 1. The lowest BCUT2D eigenvalue weighted by molar-refractivity contribution is 0.0903.